The van der Waals surface area contributed by atoms with E-state index >= 15 is 0 Å². The van der Waals surface area contributed by atoms with E-state index in [1.165, 1.54) is 3.71 Å². The van der Waals surface area contributed by atoms with Crippen LogP contribution in [0.3, 0.4) is 0 Å². The first-order chi connectivity index (χ1) is 11.5. The fourth-order valence-electron chi connectivity index (χ4n) is 2.99. The van der Waals surface area contributed by atoms with Gasteiger partial charge in [-0.15, -0.1) is 0 Å². The van der Waals surface area contributed by atoms with Crippen molar-refractivity contribution in [3.05, 3.63) is 54.9 Å². The van der Waals surface area contributed by atoms with Gasteiger partial charge in [-0.05, 0) is 0 Å². The molecule has 0 amide bonds. The zero-order valence-electron chi connectivity index (χ0n) is 14.7. The van der Waals surface area contributed by atoms with Gasteiger partial charge in [0, 0.05) is 0 Å². The summed E-state index contributed by atoms with van der Waals surface area (Å²) in [6.07, 6.45) is 3.66. The van der Waals surface area contributed by atoms with Gasteiger partial charge in [0.05, 0.1) is 0 Å². The average molecular weight is 428 g/mol. The SMILES string of the molecule is COCn1c(-c2ccccc2)nc(-c2ccncc2)[c]1[Sn]([CH3])([CH3])[CH3]. The van der Waals surface area contributed by atoms with Gasteiger partial charge in [-0.3, -0.25) is 0 Å². The van der Waals surface area contributed by atoms with Crippen LogP contribution in [0.15, 0.2) is 54.9 Å². The zero-order chi connectivity index (χ0) is 17.2. The van der Waals surface area contributed by atoms with E-state index in [0.717, 1.165) is 22.6 Å². The monoisotopic (exact) mass is 429 g/mol. The van der Waals surface area contributed by atoms with Crippen molar-refractivity contribution >= 4 is 22.1 Å². The molecule has 4 nitrogen and oxygen atoms in total. The second kappa shape index (κ2) is 7.07. The number of nitrogens with zero attached hydrogens (tertiary/aromatic N) is 3. The minimum atomic E-state index is -2.46. The Balaban J connectivity index is 2.30. The number of hydrogen-bond acceptors (Lipinski definition) is 3. The quantitative estimate of drug-likeness (QED) is 0.582. The molecule has 0 radical (unpaired) electrons. The van der Waals surface area contributed by atoms with Crippen LogP contribution in [0.5, 0.6) is 0 Å². The van der Waals surface area contributed by atoms with Gasteiger partial charge in [-0.1, -0.05) is 0 Å². The number of ether oxygens (including phenoxy) is 1. The molecule has 0 saturated carbocycles. The number of rotatable bonds is 5. The molecule has 0 aliphatic carbocycles. The Morgan fingerprint density at radius 1 is 0.958 bits per heavy atom. The first-order valence-electron chi connectivity index (χ1n) is 8.08. The van der Waals surface area contributed by atoms with Crippen molar-refractivity contribution in [3.8, 4) is 22.6 Å². The summed E-state index contributed by atoms with van der Waals surface area (Å²) in [5.74, 6) is 0.978. The van der Waals surface area contributed by atoms with Crippen molar-refractivity contribution in [1.29, 1.82) is 0 Å². The van der Waals surface area contributed by atoms with Crippen LogP contribution >= 0.6 is 0 Å². The molecule has 24 heavy (non-hydrogen) atoms. The molecule has 124 valence electrons. The van der Waals surface area contributed by atoms with Crippen molar-refractivity contribution in [1.82, 2.24) is 14.5 Å². The molecule has 3 rings (SSSR count). The van der Waals surface area contributed by atoms with Gasteiger partial charge in [0.1, 0.15) is 0 Å². The Bertz CT molecular complexity index is 808. The van der Waals surface area contributed by atoms with Crippen molar-refractivity contribution in [3.63, 3.8) is 0 Å². The summed E-state index contributed by atoms with van der Waals surface area (Å²) in [6.45, 7) is 0.520. The zero-order valence-corrected chi connectivity index (χ0v) is 17.5. The second-order valence-corrected chi connectivity index (χ2v) is 21.0. The number of methoxy groups -OCH3 is 1. The van der Waals surface area contributed by atoms with Crippen molar-refractivity contribution in [2.75, 3.05) is 7.11 Å². The van der Waals surface area contributed by atoms with Crippen molar-refractivity contribution < 1.29 is 4.74 Å². The third kappa shape index (κ3) is 3.39. The molecule has 2 heterocycles. The molecule has 0 atom stereocenters. The van der Waals surface area contributed by atoms with Crippen LogP contribution in [0.2, 0.25) is 14.8 Å². The third-order valence-electron chi connectivity index (χ3n) is 3.92. The fraction of sp³-hybridized carbons (Fsp3) is 0.263. The molecule has 2 aromatic heterocycles. The first-order valence-corrected chi connectivity index (χ1v) is 18.1. The maximum absolute atomic E-state index is 5.52. The molecule has 0 saturated heterocycles. The predicted molar refractivity (Wildman–Crippen MR) is 101 cm³/mol. The summed E-state index contributed by atoms with van der Waals surface area (Å²) >= 11 is -2.46. The molecule has 0 aliphatic heterocycles. The maximum atomic E-state index is 5.52. The summed E-state index contributed by atoms with van der Waals surface area (Å²) in [4.78, 5) is 16.4. The van der Waals surface area contributed by atoms with E-state index in [1.807, 2.05) is 42.7 Å². The molecular weight excluding hydrogens is 405 g/mol. The molecular formula is C19H23N3OSn. The number of hydrogen-bond donors (Lipinski definition) is 0. The van der Waals surface area contributed by atoms with Gasteiger partial charge in [0.25, 0.3) is 0 Å². The number of aromatic nitrogens is 3. The summed E-state index contributed by atoms with van der Waals surface area (Å²) in [5.41, 5.74) is 3.32. The fourth-order valence-corrected chi connectivity index (χ4v) is 8.38. The summed E-state index contributed by atoms with van der Waals surface area (Å²) in [7, 11) is 1.74. The van der Waals surface area contributed by atoms with Gasteiger partial charge in [-0.25, -0.2) is 0 Å². The first kappa shape index (κ1) is 17.2. The standard InChI is InChI=1S/C16H14N3O.3CH3.Sn/c1-20-12-19-11-15(13-7-9-17-10-8-13)18-16(19)14-5-3-2-4-6-14;;;;/h2-10H,12H2,1H3;3*1H3;. The minimum absolute atomic E-state index is 0.520. The Kier molecular flexibility index (Phi) is 5.06. The summed E-state index contributed by atoms with van der Waals surface area (Å²) in [6, 6.07) is 14.4. The van der Waals surface area contributed by atoms with E-state index in [0.29, 0.717) is 6.73 Å². The molecule has 0 aliphatic rings. The molecule has 0 bridgehead atoms. The number of benzene rings is 1. The summed E-state index contributed by atoms with van der Waals surface area (Å²) in [5, 5.41) is 0. The number of pyridine rings is 1. The van der Waals surface area contributed by atoms with Crippen molar-refractivity contribution in [2.45, 2.75) is 21.5 Å². The van der Waals surface area contributed by atoms with Crippen molar-refractivity contribution in [2.24, 2.45) is 0 Å². The number of imidazole rings is 1. The molecule has 0 fully saturated rings. The van der Waals surface area contributed by atoms with Crippen LogP contribution in [-0.2, 0) is 11.5 Å². The Morgan fingerprint density at radius 2 is 1.62 bits per heavy atom. The van der Waals surface area contributed by atoms with Crippen LogP contribution in [0.1, 0.15) is 0 Å². The molecule has 0 unspecified atom stereocenters. The van der Waals surface area contributed by atoms with Gasteiger partial charge < -0.3 is 0 Å². The van der Waals surface area contributed by atoms with Gasteiger partial charge in [0.15, 0.2) is 0 Å². The summed E-state index contributed by atoms with van der Waals surface area (Å²) < 4.78 is 9.16. The average Bonchev–Trinajstić information content (AvgIpc) is 2.96. The van der Waals surface area contributed by atoms with Crippen LogP contribution in [-0.4, -0.2) is 40.0 Å². The molecule has 0 spiro atoms. The van der Waals surface area contributed by atoms with Gasteiger partial charge in [-0.2, -0.15) is 0 Å². The van der Waals surface area contributed by atoms with Crippen LogP contribution < -0.4 is 3.71 Å². The second-order valence-electron chi connectivity index (χ2n) is 6.83. The topological polar surface area (TPSA) is 39.9 Å². The van der Waals surface area contributed by atoms with E-state index in [4.69, 9.17) is 9.72 Å². The Labute approximate surface area is 147 Å². The van der Waals surface area contributed by atoms with E-state index in [2.05, 4.69) is 36.5 Å². The molecule has 3 aromatic rings. The normalized spacial score (nSPS) is 11.7. The molecule has 0 N–H and O–H groups in total. The Hall–Kier alpha value is -1.66. The van der Waals surface area contributed by atoms with Crippen LogP contribution in [0.25, 0.3) is 22.6 Å². The Morgan fingerprint density at radius 3 is 2.21 bits per heavy atom. The van der Waals surface area contributed by atoms with Gasteiger partial charge in [0.2, 0.25) is 0 Å². The third-order valence-corrected chi connectivity index (χ3v) is 9.42. The van der Waals surface area contributed by atoms with E-state index in [1.54, 1.807) is 7.11 Å². The molecule has 5 heteroatoms. The van der Waals surface area contributed by atoms with Crippen LogP contribution in [0.4, 0.5) is 0 Å². The van der Waals surface area contributed by atoms with E-state index < -0.39 is 18.4 Å². The van der Waals surface area contributed by atoms with E-state index in [9.17, 15) is 0 Å². The van der Waals surface area contributed by atoms with Gasteiger partial charge >= 0.3 is 148 Å². The predicted octanol–water partition coefficient (Wildman–Crippen LogP) is 3.76. The van der Waals surface area contributed by atoms with Crippen LogP contribution in [0, 0.1) is 0 Å². The van der Waals surface area contributed by atoms with E-state index in [-0.39, 0.29) is 0 Å². The molecule has 1 aromatic carbocycles.